The Bertz CT molecular complexity index is 866. The second-order valence-electron chi connectivity index (χ2n) is 11.0. The summed E-state index contributed by atoms with van der Waals surface area (Å²) in [5, 5.41) is 0.750. The molecule has 3 fully saturated rings. The van der Waals surface area contributed by atoms with Crippen LogP contribution in [0.15, 0.2) is 36.4 Å². The van der Waals surface area contributed by atoms with Crippen molar-refractivity contribution in [1.82, 2.24) is 4.90 Å². The minimum absolute atomic E-state index is 0.0935. The summed E-state index contributed by atoms with van der Waals surface area (Å²) in [7, 11) is 2.00. The Hall–Kier alpha value is -1.48. The van der Waals surface area contributed by atoms with E-state index in [1.54, 1.807) is 0 Å². The molecule has 3 unspecified atom stereocenters. The third-order valence-corrected chi connectivity index (χ3v) is 9.60. The van der Waals surface area contributed by atoms with Crippen LogP contribution < -0.4 is 4.74 Å². The number of hydrogen-bond acceptors (Lipinski definition) is 2. The molecule has 3 saturated carbocycles. The Morgan fingerprint density at radius 2 is 1.87 bits per heavy atom. The average Bonchev–Trinajstić information content (AvgIpc) is 3.04. The van der Waals surface area contributed by atoms with Gasteiger partial charge in [0.15, 0.2) is 0 Å². The van der Waals surface area contributed by atoms with E-state index in [4.69, 9.17) is 16.3 Å². The van der Waals surface area contributed by atoms with Gasteiger partial charge in [0.05, 0.1) is 6.10 Å². The van der Waals surface area contributed by atoms with E-state index in [9.17, 15) is 4.79 Å². The van der Waals surface area contributed by atoms with E-state index in [0.717, 1.165) is 30.0 Å². The molecule has 1 aromatic carbocycles. The molecule has 5 rings (SSSR count). The van der Waals surface area contributed by atoms with Gasteiger partial charge in [0.1, 0.15) is 5.75 Å². The summed E-state index contributed by atoms with van der Waals surface area (Å²) in [5.41, 5.74) is 0.451. The number of likely N-dealkylation sites (N-methyl/N-ethyl adjacent to an activating group) is 1. The fourth-order valence-corrected chi connectivity index (χ4v) is 7.97. The highest BCUT2D eigenvalue weighted by Gasteiger charge is 2.61. The van der Waals surface area contributed by atoms with Gasteiger partial charge in [-0.1, -0.05) is 38.4 Å². The van der Waals surface area contributed by atoms with Gasteiger partial charge in [-0.25, -0.2) is 0 Å². The lowest BCUT2D eigenvalue weighted by molar-refractivity contribution is -0.143. The van der Waals surface area contributed by atoms with Crippen LogP contribution in [0.1, 0.15) is 52.9 Å². The molecule has 0 radical (unpaired) electrons. The molecule has 0 N–H and O–H groups in total. The van der Waals surface area contributed by atoms with Gasteiger partial charge < -0.3 is 9.64 Å². The fourth-order valence-electron chi connectivity index (χ4n) is 7.85. The van der Waals surface area contributed by atoms with E-state index in [2.05, 4.69) is 26.8 Å². The Morgan fingerprint density at radius 3 is 2.60 bits per heavy atom. The number of carbonyl (C=O) groups is 1. The van der Waals surface area contributed by atoms with E-state index in [0.29, 0.717) is 35.1 Å². The van der Waals surface area contributed by atoms with Crippen molar-refractivity contribution >= 4 is 17.5 Å². The first-order valence-electron chi connectivity index (χ1n) is 11.6. The van der Waals surface area contributed by atoms with E-state index < -0.39 is 0 Å². The van der Waals surface area contributed by atoms with Crippen LogP contribution in [0, 0.1) is 34.5 Å². The van der Waals surface area contributed by atoms with Crippen LogP contribution in [-0.4, -0.2) is 30.0 Å². The van der Waals surface area contributed by atoms with Crippen LogP contribution in [-0.2, 0) is 4.79 Å². The summed E-state index contributed by atoms with van der Waals surface area (Å²) >= 11 is 6.04. The molecule has 8 atom stereocenters. The lowest BCUT2D eigenvalue weighted by Gasteiger charge is -2.61. The number of ether oxygens (including phenoxy) is 1. The van der Waals surface area contributed by atoms with Crippen LogP contribution in [0.2, 0.25) is 5.02 Å². The maximum atomic E-state index is 12.3. The summed E-state index contributed by atoms with van der Waals surface area (Å²) in [6.07, 6.45) is 10.3. The highest BCUT2D eigenvalue weighted by atomic mass is 35.5. The quantitative estimate of drug-likeness (QED) is 0.581. The lowest BCUT2D eigenvalue weighted by atomic mass is 9.46. The average molecular weight is 428 g/mol. The standard InChI is InChI=1S/C26H34ClNO2/c1-16-13-22-26(3,12-10-23(29)28(22)4)20-9-11-25(2)15-19(14-21(25)24(16)20)30-18-7-5-17(27)6-8-18/h5-8,10,12,16,19-22,24H,9,11,13-15H2,1-4H3/t16?,19?,20-,21+,22?,24-,25-,26-/m1/s1. The topological polar surface area (TPSA) is 29.5 Å². The predicted octanol–water partition coefficient (Wildman–Crippen LogP) is 5.97. The molecule has 0 spiro atoms. The second-order valence-corrected chi connectivity index (χ2v) is 11.4. The SMILES string of the molecule is CC1CC2N(C)C(=O)C=C[C@]2(C)[C@@H]2CC[C@]3(C)CC(Oc4ccc(Cl)cc4)C[C@H]3[C@H]12. The molecule has 3 nitrogen and oxygen atoms in total. The summed E-state index contributed by atoms with van der Waals surface area (Å²) < 4.78 is 6.44. The third kappa shape index (κ3) is 3.03. The molecule has 4 aliphatic rings. The molecule has 1 heterocycles. The zero-order valence-corrected chi connectivity index (χ0v) is 19.4. The third-order valence-electron chi connectivity index (χ3n) is 9.35. The maximum absolute atomic E-state index is 12.3. The number of fused-ring (bicyclic) bond motifs is 5. The van der Waals surface area contributed by atoms with E-state index >= 15 is 0 Å². The molecule has 3 aliphatic carbocycles. The summed E-state index contributed by atoms with van der Waals surface area (Å²) in [6, 6.07) is 8.13. The predicted molar refractivity (Wildman–Crippen MR) is 120 cm³/mol. The number of amides is 1. The summed E-state index contributed by atoms with van der Waals surface area (Å²) in [5.74, 6) is 3.77. The number of halogens is 1. The van der Waals surface area contributed by atoms with Crippen LogP contribution >= 0.6 is 11.6 Å². The molecule has 0 saturated heterocycles. The highest BCUT2D eigenvalue weighted by molar-refractivity contribution is 6.30. The van der Waals surface area contributed by atoms with Crippen LogP contribution in [0.25, 0.3) is 0 Å². The second kappa shape index (κ2) is 7.02. The van der Waals surface area contributed by atoms with Gasteiger partial charge in [0.2, 0.25) is 5.91 Å². The van der Waals surface area contributed by atoms with E-state index in [-0.39, 0.29) is 17.4 Å². The molecule has 0 bridgehead atoms. The molecular formula is C26H34ClNO2. The normalized spacial score (nSPS) is 45.0. The number of carbonyl (C=O) groups excluding carboxylic acids is 1. The Labute approximate surface area is 185 Å². The first-order valence-corrected chi connectivity index (χ1v) is 12.0. The molecular weight excluding hydrogens is 394 g/mol. The van der Waals surface area contributed by atoms with Crippen molar-refractivity contribution in [3.05, 3.63) is 41.4 Å². The van der Waals surface area contributed by atoms with Crippen molar-refractivity contribution in [3.8, 4) is 5.75 Å². The van der Waals surface area contributed by atoms with Crippen molar-refractivity contribution in [3.63, 3.8) is 0 Å². The van der Waals surface area contributed by atoms with E-state index in [1.165, 1.54) is 12.8 Å². The molecule has 162 valence electrons. The van der Waals surface area contributed by atoms with Crippen molar-refractivity contribution in [1.29, 1.82) is 0 Å². The van der Waals surface area contributed by atoms with E-state index in [1.807, 2.05) is 42.3 Å². The van der Waals surface area contributed by atoms with Gasteiger partial charge in [-0.05, 0) is 91.5 Å². The molecule has 0 aromatic heterocycles. The first kappa shape index (κ1) is 20.4. The zero-order valence-electron chi connectivity index (χ0n) is 18.6. The molecule has 1 aliphatic heterocycles. The van der Waals surface area contributed by atoms with Crippen LogP contribution in [0.3, 0.4) is 0 Å². The highest BCUT2D eigenvalue weighted by Crippen LogP contribution is 2.65. The Kier molecular flexibility index (Phi) is 4.78. The van der Waals surface area contributed by atoms with Gasteiger partial charge in [-0.3, -0.25) is 4.79 Å². The van der Waals surface area contributed by atoms with Crippen molar-refractivity contribution < 1.29 is 9.53 Å². The molecule has 1 aromatic rings. The number of rotatable bonds is 2. The minimum Gasteiger partial charge on any atom is -0.490 e. The summed E-state index contributed by atoms with van der Waals surface area (Å²) in [6.45, 7) is 7.36. The smallest absolute Gasteiger partial charge is 0.246 e. The lowest BCUT2D eigenvalue weighted by Crippen LogP contribution is -2.61. The molecule has 4 heteroatoms. The van der Waals surface area contributed by atoms with Gasteiger partial charge >= 0.3 is 0 Å². The molecule has 30 heavy (non-hydrogen) atoms. The number of nitrogens with zero attached hydrogens (tertiary/aromatic N) is 1. The van der Waals surface area contributed by atoms with Crippen molar-refractivity contribution in [2.45, 2.75) is 65.0 Å². The van der Waals surface area contributed by atoms with Crippen LogP contribution in [0.4, 0.5) is 0 Å². The Balaban J connectivity index is 1.41. The van der Waals surface area contributed by atoms with Crippen LogP contribution in [0.5, 0.6) is 5.75 Å². The Morgan fingerprint density at radius 1 is 1.13 bits per heavy atom. The largest absolute Gasteiger partial charge is 0.490 e. The van der Waals surface area contributed by atoms with Crippen molar-refractivity contribution in [2.24, 2.45) is 34.5 Å². The maximum Gasteiger partial charge on any atom is 0.246 e. The fraction of sp³-hybridized carbons (Fsp3) is 0.654. The number of hydrogen-bond donors (Lipinski definition) is 0. The zero-order chi connectivity index (χ0) is 21.3. The van der Waals surface area contributed by atoms with Gasteiger partial charge in [0, 0.05) is 23.5 Å². The first-order chi connectivity index (χ1) is 14.2. The van der Waals surface area contributed by atoms with Gasteiger partial charge in [0.25, 0.3) is 0 Å². The summed E-state index contributed by atoms with van der Waals surface area (Å²) in [4.78, 5) is 14.4. The minimum atomic E-state index is 0.0935. The molecule has 1 amide bonds. The van der Waals surface area contributed by atoms with Gasteiger partial charge in [-0.2, -0.15) is 0 Å². The monoisotopic (exact) mass is 427 g/mol. The van der Waals surface area contributed by atoms with Gasteiger partial charge in [-0.15, -0.1) is 0 Å². The van der Waals surface area contributed by atoms with Crippen molar-refractivity contribution in [2.75, 3.05) is 7.05 Å². The number of benzene rings is 1.